The summed E-state index contributed by atoms with van der Waals surface area (Å²) in [6.07, 6.45) is 1.23. The summed E-state index contributed by atoms with van der Waals surface area (Å²) in [6.45, 7) is 3.12. The maximum absolute atomic E-state index is 4.38. The van der Waals surface area contributed by atoms with E-state index in [1.807, 2.05) is 18.2 Å². The van der Waals surface area contributed by atoms with Crippen molar-refractivity contribution in [2.24, 2.45) is 7.05 Å². The molecular weight excluding hydrogens is 262 g/mol. The van der Waals surface area contributed by atoms with Crippen molar-refractivity contribution in [1.29, 1.82) is 0 Å². The van der Waals surface area contributed by atoms with Gasteiger partial charge in [0.1, 0.15) is 5.82 Å². The molecule has 5 heteroatoms. The maximum atomic E-state index is 4.38. The summed E-state index contributed by atoms with van der Waals surface area (Å²) < 4.78 is 2.11. The predicted molar refractivity (Wildman–Crippen MR) is 83.8 cm³/mol. The zero-order valence-corrected chi connectivity index (χ0v) is 13.0. The van der Waals surface area contributed by atoms with Gasteiger partial charge < -0.3 is 9.47 Å². The van der Waals surface area contributed by atoms with Gasteiger partial charge in [-0.3, -0.25) is 4.90 Å². The fourth-order valence-corrected chi connectivity index (χ4v) is 2.92. The van der Waals surface area contributed by atoms with Crippen LogP contribution in [0.15, 0.2) is 30.3 Å². The molecule has 1 aromatic carbocycles. The Balaban J connectivity index is 1.72. The molecule has 0 bridgehead atoms. The molecule has 1 atom stereocenters. The third-order valence-corrected chi connectivity index (χ3v) is 4.34. The summed E-state index contributed by atoms with van der Waals surface area (Å²) in [7, 11) is 6.37. The van der Waals surface area contributed by atoms with Crippen molar-refractivity contribution in [3.8, 4) is 11.4 Å². The highest BCUT2D eigenvalue weighted by molar-refractivity contribution is 5.54. The number of likely N-dealkylation sites (tertiary alicyclic amines) is 1. The van der Waals surface area contributed by atoms with Crippen LogP contribution in [0.2, 0.25) is 0 Å². The lowest BCUT2D eigenvalue weighted by Gasteiger charge is -2.20. The molecule has 1 saturated heterocycles. The lowest BCUT2D eigenvalue weighted by molar-refractivity contribution is 0.260. The van der Waals surface area contributed by atoms with Gasteiger partial charge in [0.05, 0.1) is 6.54 Å². The van der Waals surface area contributed by atoms with Crippen LogP contribution >= 0.6 is 0 Å². The van der Waals surface area contributed by atoms with Crippen LogP contribution in [0.5, 0.6) is 0 Å². The predicted octanol–water partition coefficient (Wildman–Crippen LogP) is 1.62. The van der Waals surface area contributed by atoms with E-state index in [0.717, 1.165) is 36.8 Å². The van der Waals surface area contributed by atoms with Crippen LogP contribution in [0.3, 0.4) is 0 Å². The Morgan fingerprint density at radius 1 is 1.19 bits per heavy atom. The second-order valence-corrected chi connectivity index (χ2v) is 6.01. The molecule has 1 unspecified atom stereocenters. The molecule has 0 amide bonds. The van der Waals surface area contributed by atoms with Gasteiger partial charge in [-0.25, -0.2) is 0 Å². The number of aromatic nitrogens is 3. The molecule has 1 fully saturated rings. The number of hydrogen-bond acceptors (Lipinski definition) is 4. The first-order valence-electron chi connectivity index (χ1n) is 7.47. The Hall–Kier alpha value is -1.72. The van der Waals surface area contributed by atoms with Crippen LogP contribution in [0.25, 0.3) is 11.4 Å². The summed E-state index contributed by atoms with van der Waals surface area (Å²) in [4.78, 5) is 4.77. The Morgan fingerprint density at radius 2 is 1.95 bits per heavy atom. The molecule has 112 valence electrons. The summed E-state index contributed by atoms with van der Waals surface area (Å²) in [5.74, 6) is 1.97. The minimum atomic E-state index is 0.659. The number of rotatable bonds is 4. The minimum absolute atomic E-state index is 0.659. The fraction of sp³-hybridized carbons (Fsp3) is 0.500. The molecule has 0 aliphatic carbocycles. The first kappa shape index (κ1) is 14.2. The molecule has 0 N–H and O–H groups in total. The van der Waals surface area contributed by atoms with E-state index in [-0.39, 0.29) is 0 Å². The second-order valence-electron chi connectivity index (χ2n) is 6.01. The van der Waals surface area contributed by atoms with Crippen molar-refractivity contribution in [3.63, 3.8) is 0 Å². The Morgan fingerprint density at radius 3 is 2.62 bits per heavy atom. The molecule has 3 rings (SSSR count). The van der Waals surface area contributed by atoms with E-state index >= 15 is 0 Å². The Bertz CT molecular complexity index is 590. The molecule has 2 aromatic rings. The highest BCUT2D eigenvalue weighted by atomic mass is 15.3. The molecule has 2 heterocycles. The molecule has 1 aliphatic rings. The molecule has 0 saturated carbocycles. The van der Waals surface area contributed by atoms with Crippen molar-refractivity contribution in [2.75, 3.05) is 27.2 Å². The normalized spacial score (nSPS) is 19.5. The highest BCUT2D eigenvalue weighted by Crippen LogP contribution is 2.19. The topological polar surface area (TPSA) is 37.2 Å². The lowest BCUT2D eigenvalue weighted by atomic mass is 10.2. The third kappa shape index (κ3) is 2.99. The zero-order chi connectivity index (χ0) is 14.8. The smallest absolute Gasteiger partial charge is 0.163 e. The van der Waals surface area contributed by atoms with Gasteiger partial charge in [0.15, 0.2) is 5.82 Å². The van der Waals surface area contributed by atoms with Crippen LogP contribution in [-0.4, -0.2) is 57.8 Å². The van der Waals surface area contributed by atoms with Crippen LogP contribution in [0.4, 0.5) is 0 Å². The van der Waals surface area contributed by atoms with E-state index in [1.54, 1.807) is 0 Å². The largest absolute Gasteiger partial charge is 0.313 e. The van der Waals surface area contributed by atoms with Gasteiger partial charge in [0.25, 0.3) is 0 Å². The van der Waals surface area contributed by atoms with Crippen LogP contribution < -0.4 is 0 Å². The summed E-state index contributed by atoms with van der Waals surface area (Å²) >= 11 is 0. The summed E-state index contributed by atoms with van der Waals surface area (Å²) in [6, 6.07) is 10.9. The van der Waals surface area contributed by atoms with Crippen molar-refractivity contribution in [1.82, 2.24) is 24.6 Å². The van der Waals surface area contributed by atoms with E-state index in [1.165, 1.54) is 6.42 Å². The SMILES string of the molecule is CN(C)C1CCN(Cc2nnc(-c3ccccc3)n2C)C1. The highest BCUT2D eigenvalue weighted by Gasteiger charge is 2.25. The van der Waals surface area contributed by atoms with Gasteiger partial charge in [0, 0.05) is 31.7 Å². The first-order valence-corrected chi connectivity index (χ1v) is 7.47. The number of nitrogens with zero attached hydrogens (tertiary/aromatic N) is 5. The number of benzene rings is 1. The second kappa shape index (κ2) is 5.95. The molecule has 5 nitrogen and oxygen atoms in total. The van der Waals surface area contributed by atoms with Gasteiger partial charge in [0.2, 0.25) is 0 Å². The number of likely N-dealkylation sites (N-methyl/N-ethyl adjacent to an activating group) is 1. The van der Waals surface area contributed by atoms with Crippen LogP contribution in [0, 0.1) is 0 Å². The molecule has 0 spiro atoms. The van der Waals surface area contributed by atoms with Gasteiger partial charge in [-0.05, 0) is 20.5 Å². The van der Waals surface area contributed by atoms with E-state index in [0.29, 0.717) is 6.04 Å². The van der Waals surface area contributed by atoms with E-state index in [2.05, 4.69) is 57.8 Å². The number of hydrogen-bond donors (Lipinski definition) is 0. The molecular formula is C16H23N5. The first-order chi connectivity index (χ1) is 10.1. The fourth-order valence-electron chi connectivity index (χ4n) is 2.92. The van der Waals surface area contributed by atoms with Crippen molar-refractivity contribution in [3.05, 3.63) is 36.2 Å². The Labute approximate surface area is 126 Å². The van der Waals surface area contributed by atoms with Crippen LogP contribution in [0.1, 0.15) is 12.2 Å². The maximum Gasteiger partial charge on any atom is 0.163 e. The van der Waals surface area contributed by atoms with Gasteiger partial charge in [-0.1, -0.05) is 30.3 Å². The van der Waals surface area contributed by atoms with E-state index in [4.69, 9.17) is 0 Å². The van der Waals surface area contributed by atoms with Gasteiger partial charge in [-0.15, -0.1) is 10.2 Å². The average molecular weight is 285 g/mol. The Kier molecular flexibility index (Phi) is 4.03. The quantitative estimate of drug-likeness (QED) is 0.855. The van der Waals surface area contributed by atoms with Crippen LogP contribution in [-0.2, 0) is 13.6 Å². The molecule has 1 aromatic heterocycles. The molecule has 0 radical (unpaired) electrons. The van der Waals surface area contributed by atoms with Gasteiger partial charge >= 0.3 is 0 Å². The zero-order valence-electron chi connectivity index (χ0n) is 13.0. The van der Waals surface area contributed by atoms with Crippen molar-refractivity contribution >= 4 is 0 Å². The lowest BCUT2D eigenvalue weighted by Crippen LogP contribution is -2.31. The average Bonchev–Trinajstić information content (AvgIpc) is 3.09. The summed E-state index contributed by atoms with van der Waals surface area (Å²) in [5.41, 5.74) is 1.12. The van der Waals surface area contributed by atoms with Gasteiger partial charge in [-0.2, -0.15) is 0 Å². The van der Waals surface area contributed by atoms with E-state index in [9.17, 15) is 0 Å². The molecule has 21 heavy (non-hydrogen) atoms. The minimum Gasteiger partial charge on any atom is -0.313 e. The van der Waals surface area contributed by atoms with Crippen molar-refractivity contribution in [2.45, 2.75) is 19.0 Å². The van der Waals surface area contributed by atoms with Crippen molar-refractivity contribution < 1.29 is 0 Å². The monoisotopic (exact) mass is 285 g/mol. The molecule has 1 aliphatic heterocycles. The standard InChI is InChI=1S/C16H23N5/c1-19(2)14-9-10-21(11-14)12-15-17-18-16(20(15)3)13-7-5-4-6-8-13/h4-8,14H,9-12H2,1-3H3. The summed E-state index contributed by atoms with van der Waals surface area (Å²) in [5, 5.41) is 8.74. The van der Waals surface area contributed by atoms with E-state index < -0.39 is 0 Å². The third-order valence-electron chi connectivity index (χ3n) is 4.34.